The summed E-state index contributed by atoms with van der Waals surface area (Å²) in [6.45, 7) is 5.16. The summed E-state index contributed by atoms with van der Waals surface area (Å²) in [5.41, 5.74) is 0.635. The molecule has 3 heterocycles. The topological polar surface area (TPSA) is 36.7 Å². The van der Waals surface area contributed by atoms with Gasteiger partial charge >= 0.3 is 0 Å². The minimum Gasteiger partial charge on any atom is -0.457 e. The van der Waals surface area contributed by atoms with Gasteiger partial charge in [0.1, 0.15) is 0 Å². The number of piperazine rings is 1. The molecule has 0 radical (unpaired) electrons. The Balaban J connectivity index is 1.77. The number of rotatable bonds is 1. The maximum Gasteiger partial charge on any atom is 0.258 e. The molecule has 19 heavy (non-hydrogen) atoms. The quantitative estimate of drug-likeness (QED) is 0.796. The van der Waals surface area contributed by atoms with Crippen molar-refractivity contribution in [3.8, 4) is 0 Å². The Morgan fingerprint density at radius 3 is 3.00 bits per heavy atom. The Labute approximate surface area is 121 Å². The van der Waals surface area contributed by atoms with E-state index >= 15 is 0 Å². The summed E-state index contributed by atoms with van der Waals surface area (Å²) in [5, 5.41) is 0. The number of hydrogen-bond donors (Lipinski definition) is 0. The Morgan fingerprint density at radius 2 is 2.26 bits per heavy atom. The van der Waals surface area contributed by atoms with E-state index in [1.54, 1.807) is 12.3 Å². The first kappa shape index (κ1) is 13.2. The first-order chi connectivity index (χ1) is 9.16. The lowest BCUT2D eigenvalue weighted by molar-refractivity contribution is 0.0150. The highest BCUT2D eigenvalue weighted by atomic mass is 79.9. The van der Waals surface area contributed by atoms with Crippen LogP contribution in [0, 0.1) is 0 Å². The molecule has 2 aliphatic heterocycles. The van der Waals surface area contributed by atoms with E-state index in [0.29, 0.717) is 16.3 Å². The van der Waals surface area contributed by atoms with Gasteiger partial charge < -0.3 is 9.32 Å². The van der Waals surface area contributed by atoms with Crippen LogP contribution in [-0.2, 0) is 0 Å². The third-order valence-electron chi connectivity index (χ3n) is 4.30. The van der Waals surface area contributed by atoms with E-state index in [9.17, 15) is 4.79 Å². The molecule has 0 bridgehead atoms. The highest BCUT2D eigenvalue weighted by Crippen LogP contribution is 2.27. The van der Waals surface area contributed by atoms with Gasteiger partial charge in [-0.15, -0.1) is 0 Å². The van der Waals surface area contributed by atoms with E-state index in [4.69, 9.17) is 4.42 Å². The molecule has 0 N–H and O–H groups in total. The molecule has 4 nitrogen and oxygen atoms in total. The first-order valence-corrected chi connectivity index (χ1v) is 7.74. The molecule has 3 rings (SSSR count). The zero-order valence-electron chi connectivity index (χ0n) is 11.1. The molecule has 104 valence electrons. The monoisotopic (exact) mass is 326 g/mol. The smallest absolute Gasteiger partial charge is 0.258 e. The van der Waals surface area contributed by atoms with Gasteiger partial charge in [-0.3, -0.25) is 9.69 Å². The Kier molecular flexibility index (Phi) is 3.67. The van der Waals surface area contributed by atoms with Crippen molar-refractivity contribution < 1.29 is 9.21 Å². The van der Waals surface area contributed by atoms with Crippen LogP contribution in [0.15, 0.2) is 21.4 Å². The van der Waals surface area contributed by atoms with Gasteiger partial charge in [-0.05, 0) is 48.3 Å². The second-order valence-corrected chi connectivity index (χ2v) is 6.28. The number of carbonyl (C=O) groups is 1. The van der Waals surface area contributed by atoms with Crippen molar-refractivity contribution in [1.29, 1.82) is 0 Å². The molecule has 0 saturated carbocycles. The minimum atomic E-state index is 0.0818. The average Bonchev–Trinajstić information content (AvgIpc) is 2.83. The van der Waals surface area contributed by atoms with E-state index in [-0.39, 0.29) is 11.9 Å². The lowest BCUT2D eigenvalue weighted by Gasteiger charge is -2.47. The fourth-order valence-electron chi connectivity index (χ4n) is 3.24. The summed E-state index contributed by atoms with van der Waals surface area (Å²) in [6.07, 6.45) is 5.35. The van der Waals surface area contributed by atoms with Crippen molar-refractivity contribution in [3.63, 3.8) is 0 Å². The van der Waals surface area contributed by atoms with Crippen LogP contribution < -0.4 is 0 Å². The Hall–Kier alpha value is -0.810. The number of nitrogens with zero attached hydrogens (tertiary/aromatic N) is 2. The van der Waals surface area contributed by atoms with Crippen LogP contribution in [0.2, 0.25) is 0 Å². The molecule has 1 aromatic heterocycles. The van der Waals surface area contributed by atoms with Gasteiger partial charge in [-0.25, -0.2) is 0 Å². The van der Waals surface area contributed by atoms with Crippen LogP contribution in [0.25, 0.3) is 0 Å². The maximum atomic E-state index is 12.6. The van der Waals surface area contributed by atoms with Crippen LogP contribution >= 0.6 is 15.9 Å². The lowest BCUT2D eigenvalue weighted by atomic mass is 9.97. The number of piperidine rings is 1. The van der Waals surface area contributed by atoms with Crippen molar-refractivity contribution in [1.82, 2.24) is 9.80 Å². The molecular formula is C14H19BrN2O2. The molecule has 0 aromatic carbocycles. The predicted octanol–water partition coefficient (Wildman–Crippen LogP) is 2.74. The van der Waals surface area contributed by atoms with E-state index in [2.05, 4.69) is 27.8 Å². The van der Waals surface area contributed by atoms with Gasteiger partial charge in [-0.2, -0.15) is 0 Å². The molecule has 1 aromatic rings. The standard InChI is InChI=1S/C14H19BrN2O2/c1-10-8-16-6-3-2-4-11(16)9-17(10)14(18)12-5-7-19-13(12)15/h5,7,10-11H,2-4,6,8-9H2,1H3. The minimum absolute atomic E-state index is 0.0818. The van der Waals surface area contributed by atoms with Gasteiger partial charge in [0.2, 0.25) is 0 Å². The summed E-state index contributed by atoms with van der Waals surface area (Å²) in [4.78, 5) is 17.1. The van der Waals surface area contributed by atoms with Crippen LogP contribution in [0.4, 0.5) is 0 Å². The third-order valence-corrected chi connectivity index (χ3v) is 4.91. The molecule has 2 aliphatic rings. The van der Waals surface area contributed by atoms with Crippen molar-refractivity contribution in [2.24, 2.45) is 0 Å². The maximum absolute atomic E-state index is 12.6. The summed E-state index contributed by atoms with van der Waals surface area (Å²) < 4.78 is 5.71. The first-order valence-electron chi connectivity index (χ1n) is 6.95. The highest BCUT2D eigenvalue weighted by Gasteiger charge is 2.36. The van der Waals surface area contributed by atoms with Gasteiger partial charge in [0.25, 0.3) is 5.91 Å². The van der Waals surface area contributed by atoms with E-state index < -0.39 is 0 Å². The molecule has 2 atom stereocenters. The van der Waals surface area contributed by atoms with Crippen molar-refractivity contribution >= 4 is 21.8 Å². The summed E-state index contributed by atoms with van der Waals surface area (Å²) >= 11 is 3.30. The molecule has 2 fully saturated rings. The van der Waals surface area contributed by atoms with Crippen LogP contribution in [0.5, 0.6) is 0 Å². The largest absolute Gasteiger partial charge is 0.457 e. The number of amides is 1. The molecule has 2 saturated heterocycles. The molecule has 5 heteroatoms. The zero-order chi connectivity index (χ0) is 13.4. The molecular weight excluding hydrogens is 308 g/mol. The van der Waals surface area contributed by atoms with E-state index in [1.807, 2.05) is 4.90 Å². The molecule has 0 aliphatic carbocycles. The normalized spacial score (nSPS) is 28.2. The summed E-state index contributed by atoms with van der Waals surface area (Å²) in [7, 11) is 0. The SMILES string of the molecule is CC1CN2CCCCC2CN1C(=O)c1ccoc1Br. The average molecular weight is 327 g/mol. The number of carbonyl (C=O) groups excluding carboxylic acids is 1. The van der Waals surface area contributed by atoms with Gasteiger partial charge in [0, 0.05) is 25.2 Å². The summed E-state index contributed by atoms with van der Waals surface area (Å²) in [5.74, 6) is 0.0818. The lowest BCUT2D eigenvalue weighted by Crippen LogP contribution is -2.60. The van der Waals surface area contributed by atoms with Gasteiger partial charge in [0.15, 0.2) is 4.67 Å². The number of hydrogen-bond acceptors (Lipinski definition) is 3. The molecule has 1 amide bonds. The zero-order valence-corrected chi connectivity index (χ0v) is 12.7. The summed E-state index contributed by atoms with van der Waals surface area (Å²) in [6, 6.07) is 2.55. The molecule has 0 spiro atoms. The highest BCUT2D eigenvalue weighted by molar-refractivity contribution is 9.10. The van der Waals surface area contributed by atoms with E-state index in [1.165, 1.54) is 25.8 Å². The van der Waals surface area contributed by atoms with Crippen LogP contribution in [-0.4, -0.2) is 47.4 Å². The number of furan rings is 1. The van der Waals surface area contributed by atoms with Crippen LogP contribution in [0.3, 0.4) is 0 Å². The Bertz CT molecular complexity index is 474. The predicted molar refractivity (Wildman–Crippen MR) is 76.1 cm³/mol. The van der Waals surface area contributed by atoms with Gasteiger partial charge in [0.05, 0.1) is 11.8 Å². The van der Waals surface area contributed by atoms with Crippen molar-refractivity contribution in [2.75, 3.05) is 19.6 Å². The Morgan fingerprint density at radius 1 is 1.42 bits per heavy atom. The van der Waals surface area contributed by atoms with E-state index in [0.717, 1.165) is 13.1 Å². The van der Waals surface area contributed by atoms with Crippen molar-refractivity contribution in [3.05, 3.63) is 22.6 Å². The molecule has 2 unspecified atom stereocenters. The second-order valence-electron chi connectivity index (χ2n) is 5.56. The fraction of sp³-hybridized carbons (Fsp3) is 0.643. The second kappa shape index (κ2) is 5.29. The number of fused-ring (bicyclic) bond motifs is 1. The number of halogens is 1. The fourth-order valence-corrected chi connectivity index (χ4v) is 3.65. The third kappa shape index (κ3) is 2.46. The van der Waals surface area contributed by atoms with Crippen molar-refractivity contribution in [2.45, 2.75) is 38.3 Å². The van der Waals surface area contributed by atoms with Crippen LogP contribution in [0.1, 0.15) is 36.5 Å². The van der Waals surface area contributed by atoms with Gasteiger partial charge in [-0.1, -0.05) is 6.42 Å².